The van der Waals surface area contributed by atoms with E-state index >= 15 is 0 Å². The fourth-order valence-corrected chi connectivity index (χ4v) is 0.421. The van der Waals surface area contributed by atoms with Crippen molar-refractivity contribution in [3.63, 3.8) is 0 Å². The molecule has 0 N–H and O–H groups in total. The average Bonchev–Trinajstić information content (AvgIpc) is 1.82. The van der Waals surface area contributed by atoms with Crippen molar-refractivity contribution in [3.8, 4) is 0 Å². The maximum absolute atomic E-state index is 3.68. The van der Waals surface area contributed by atoms with Crippen molar-refractivity contribution in [2.24, 2.45) is 0 Å². The Morgan fingerprint density at radius 3 is 1.00 bits per heavy atom. The van der Waals surface area contributed by atoms with Crippen LogP contribution in [-0.4, -0.2) is 0 Å². The summed E-state index contributed by atoms with van der Waals surface area (Å²) < 4.78 is 0. The molecule has 0 aliphatic heterocycles. The second-order valence-corrected chi connectivity index (χ2v) is 3.20. The molecule has 0 bridgehead atoms. The predicted molar refractivity (Wildman–Crippen MR) is 67.8 cm³/mol. The zero-order valence-electron chi connectivity index (χ0n) is 10.6. The Labute approximate surface area is 110 Å². The summed E-state index contributed by atoms with van der Waals surface area (Å²) in [7, 11) is 0. The van der Waals surface area contributed by atoms with Crippen molar-refractivity contribution in [2.45, 2.75) is 27.7 Å². The molecule has 0 nitrogen and oxygen atoms in total. The Balaban J connectivity index is -0.0000000654. The van der Waals surface area contributed by atoms with Gasteiger partial charge in [0.2, 0.25) is 0 Å². The zero-order valence-corrected chi connectivity index (χ0v) is 11.9. The molecule has 0 spiro atoms. The summed E-state index contributed by atoms with van der Waals surface area (Å²) in [5.41, 5.74) is 0. The van der Waals surface area contributed by atoms with Crippen molar-refractivity contribution in [2.75, 3.05) is 0 Å². The van der Waals surface area contributed by atoms with Crippen LogP contribution in [0.4, 0.5) is 0 Å². The van der Waals surface area contributed by atoms with Crippen LogP contribution in [0.5, 0.6) is 0 Å². The van der Waals surface area contributed by atoms with Gasteiger partial charge >= 0.3 is 0 Å². The van der Waals surface area contributed by atoms with Crippen molar-refractivity contribution >= 4 is 0 Å². The van der Waals surface area contributed by atoms with Crippen LogP contribution in [0.15, 0.2) is 0 Å². The molecular formula is C14H24Cr. The smallest absolute Gasteiger partial charge is 0 e. The zero-order chi connectivity index (χ0) is 12.1. The van der Waals surface area contributed by atoms with Gasteiger partial charge in [-0.3, -0.25) is 0 Å². The van der Waals surface area contributed by atoms with Gasteiger partial charge in [0.05, 0.1) is 0 Å². The summed E-state index contributed by atoms with van der Waals surface area (Å²) in [4.78, 5) is 0. The summed E-state index contributed by atoms with van der Waals surface area (Å²) in [6, 6.07) is 0. The molecule has 0 aliphatic carbocycles. The summed E-state index contributed by atoms with van der Waals surface area (Å²) in [5, 5.41) is 0. The first-order valence-corrected chi connectivity index (χ1v) is 4.48. The minimum Gasteiger partial charge on any atom is -0.0623 e. The fraction of sp³-hybridized carbons (Fsp3) is 0.286. The van der Waals surface area contributed by atoms with Gasteiger partial charge < -0.3 is 0 Å². The molecule has 0 unspecified atom stereocenters. The minimum atomic E-state index is 0. The monoisotopic (exact) mass is 244 g/mol. The van der Waals surface area contributed by atoms with E-state index in [1.54, 1.807) is 6.42 Å². The second kappa shape index (κ2) is 20.0. The maximum Gasteiger partial charge on any atom is 0 e. The Hall–Kier alpha value is 0.532. The number of hydrogen-bond acceptors (Lipinski definition) is 0. The van der Waals surface area contributed by atoms with E-state index in [1.807, 2.05) is 34.1 Å². The van der Waals surface area contributed by atoms with E-state index in [0.717, 1.165) is 17.8 Å². The molecule has 0 atom stereocenters. The molecule has 0 aromatic heterocycles. The molecule has 0 aromatic carbocycles. The van der Waals surface area contributed by atoms with E-state index < -0.39 is 0 Å². The van der Waals surface area contributed by atoms with Crippen LogP contribution in [0.25, 0.3) is 0 Å². The summed E-state index contributed by atoms with van der Waals surface area (Å²) >= 11 is 0. The molecule has 86 valence electrons. The van der Waals surface area contributed by atoms with E-state index in [9.17, 15) is 0 Å². The van der Waals surface area contributed by atoms with Crippen LogP contribution in [-0.2, 0) is 17.4 Å². The second-order valence-electron chi connectivity index (χ2n) is 3.20. The molecule has 0 aliphatic rings. The van der Waals surface area contributed by atoms with Crippen LogP contribution in [0.3, 0.4) is 0 Å². The third kappa shape index (κ3) is 111. The maximum atomic E-state index is 3.68. The summed E-state index contributed by atoms with van der Waals surface area (Å²) in [5.74, 6) is 3.04. The fourth-order valence-electron chi connectivity index (χ4n) is 0.421. The van der Waals surface area contributed by atoms with E-state index in [1.165, 1.54) is 0 Å². The van der Waals surface area contributed by atoms with Gasteiger partial charge in [0, 0.05) is 17.4 Å². The predicted octanol–water partition coefficient (Wildman–Crippen LogP) is 4.34. The van der Waals surface area contributed by atoms with E-state index in [-0.39, 0.29) is 17.4 Å². The number of rotatable bonds is 2. The topological polar surface area (TPSA) is 0 Å². The van der Waals surface area contributed by atoms with Gasteiger partial charge in [0.15, 0.2) is 0 Å². The Bertz CT molecular complexity index is 66.7. The molecule has 0 heterocycles. The van der Waals surface area contributed by atoms with E-state index in [4.69, 9.17) is 0 Å². The van der Waals surface area contributed by atoms with Crippen LogP contribution < -0.4 is 0 Å². The third-order valence-corrected chi connectivity index (χ3v) is 0.493. The SMILES string of the molecule is [CH2][CH]C.[CH2][C](C)[CH][C]([CH2])C.[CH2][C]([CH2])C.[Cr]. The van der Waals surface area contributed by atoms with Gasteiger partial charge in [-0.15, -0.1) is 0 Å². The van der Waals surface area contributed by atoms with Crippen LogP contribution in [0, 0.1) is 65.2 Å². The molecule has 0 saturated heterocycles. The van der Waals surface area contributed by atoms with Gasteiger partial charge in [-0.1, -0.05) is 34.6 Å². The standard InChI is InChI=1S/C7H11.C4H7.C3H6.Cr/c1-6(2)5-7(3)4;1-4(2)3;1-3-2;/h5H,1,3H2,2,4H3;1-2H2,3H3;3H,1H2,2H3;. The molecule has 0 rings (SSSR count). The van der Waals surface area contributed by atoms with Crippen molar-refractivity contribution in [1.82, 2.24) is 0 Å². The molecule has 0 aromatic rings. The van der Waals surface area contributed by atoms with Gasteiger partial charge in [-0.2, -0.15) is 0 Å². The minimum absolute atomic E-state index is 0. The van der Waals surface area contributed by atoms with Crippen LogP contribution >= 0.6 is 0 Å². The first-order valence-electron chi connectivity index (χ1n) is 4.48. The molecule has 10 radical (unpaired) electrons. The quantitative estimate of drug-likeness (QED) is 0.678. The normalized spacial score (nSPS) is 8.80. The van der Waals surface area contributed by atoms with Gasteiger partial charge in [0.25, 0.3) is 0 Å². The molecular weight excluding hydrogens is 220 g/mol. The Morgan fingerprint density at radius 2 is 1.00 bits per heavy atom. The molecule has 15 heavy (non-hydrogen) atoms. The Kier molecular flexibility index (Phi) is 32.9. The summed E-state index contributed by atoms with van der Waals surface area (Å²) in [6.45, 7) is 25.3. The molecule has 1 heteroatoms. The van der Waals surface area contributed by atoms with Crippen LogP contribution in [0.2, 0.25) is 0 Å². The van der Waals surface area contributed by atoms with Gasteiger partial charge in [-0.25, -0.2) is 0 Å². The third-order valence-electron chi connectivity index (χ3n) is 0.493. The number of hydrogen-bond donors (Lipinski definition) is 0. The van der Waals surface area contributed by atoms with Gasteiger partial charge in [0.1, 0.15) is 0 Å². The summed E-state index contributed by atoms with van der Waals surface area (Å²) in [6.07, 6.45) is 3.69. The largest absolute Gasteiger partial charge is 0.0623 e. The van der Waals surface area contributed by atoms with Crippen molar-refractivity contribution < 1.29 is 17.4 Å². The first-order chi connectivity index (χ1) is 6.27. The van der Waals surface area contributed by atoms with Crippen LogP contribution in [0.1, 0.15) is 27.7 Å². The Morgan fingerprint density at radius 1 is 0.867 bits per heavy atom. The van der Waals surface area contributed by atoms with Crippen molar-refractivity contribution in [1.29, 1.82) is 0 Å². The molecule has 0 fully saturated rings. The van der Waals surface area contributed by atoms with Gasteiger partial charge in [-0.05, 0) is 58.3 Å². The molecule has 0 amide bonds. The van der Waals surface area contributed by atoms with E-state index in [0.29, 0.717) is 0 Å². The average molecular weight is 244 g/mol. The van der Waals surface area contributed by atoms with E-state index in [2.05, 4.69) is 34.6 Å². The molecule has 0 saturated carbocycles. The first kappa shape index (κ1) is 24.7. The van der Waals surface area contributed by atoms with Crippen molar-refractivity contribution in [3.05, 3.63) is 65.2 Å².